The van der Waals surface area contributed by atoms with E-state index < -0.39 is 16.8 Å². The van der Waals surface area contributed by atoms with Crippen molar-refractivity contribution in [3.05, 3.63) is 62.5 Å². The van der Waals surface area contributed by atoms with Gasteiger partial charge in [-0.25, -0.2) is 4.79 Å². The predicted octanol–water partition coefficient (Wildman–Crippen LogP) is 2.25. The van der Waals surface area contributed by atoms with Gasteiger partial charge in [-0.05, 0) is 38.8 Å². The molecule has 0 aliphatic carbocycles. The van der Waals surface area contributed by atoms with Gasteiger partial charge in [-0.3, -0.25) is 14.9 Å². The Balaban J connectivity index is 2.46. The molecule has 1 aliphatic heterocycles. The number of nitro benzene ring substituents is 1. The number of dihydropyridines is 1. The van der Waals surface area contributed by atoms with Gasteiger partial charge in [0.2, 0.25) is 5.91 Å². The van der Waals surface area contributed by atoms with Gasteiger partial charge in [0.1, 0.15) is 0 Å². The van der Waals surface area contributed by atoms with Gasteiger partial charge in [-0.15, -0.1) is 0 Å². The molecule has 0 spiro atoms. The maximum absolute atomic E-state index is 13.1. The molecule has 9 heteroatoms. The molecular formula is C21H28N4O5. The SMILES string of the molecule is COC(=O)C1=C(C)NC(C)=C(C(=O)NCCCCCN)C1c1cccc([N+](=O)[O-])c1. The molecular weight excluding hydrogens is 388 g/mol. The van der Waals surface area contributed by atoms with Crippen LogP contribution in [0.1, 0.15) is 44.6 Å². The Morgan fingerprint density at radius 2 is 1.90 bits per heavy atom. The molecule has 30 heavy (non-hydrogen) atoms. The van der Waals surface area contributed by atoms with Crippen LogP contribution >= 0.6 is 0 Å². The molecule has 162 valence electrons. The topological polar surface area (TPSA) is 137 Å². The van der Waals surface area contributed by atoms with Gasteiger partial charge in [0.25, 0.3) is 5.69 Å². The van der Waals surface area contributed by atoms with E-state index in [-0.39, 0.29) is 17.2 Å². The number of hydrogen-bond donors (Lipinski definition) is 3. The Kier molecular flexibility index (Phi) is 8.11. The number of methoxy groups -OCH3 is 1. The minimum atomic E-state index is -0.789. The van der Waals surface area contributed by atoms with Gasteiger partial charge in [-0.2, -0.15) is 0 Å². The number of allylic oxidation sites excluding steroid dienone is 2. The van der Waals surface area contributed by atoms with Crippen molar-refractivity contribution in [3.63, 3.8) is 0 Å². The number of nitrogens with one attached hydrogen (secondary N) is 2. The number of amides is 1. The molecule has 0 bridgehead atoms. The summed E-state index contributed by atoms with van der Waals surface area (Å²) in [6.45, 7) is 4.52. The molecule has 2 rings (SSSR count). The lowest BCUT2D eigenvalue weighted by molar-refractivity contribution is -0.384. The molecule has 1 aliphatic rings. The van der Waals surface area contributed by atoms with Crippen LogP contribution in [0.5, 0.6) is 0 Å². The van der Waals surface area contributed by atoms with Crippen molar-refractivity contribution in [3.8, 4) is 0 Å². The normalized spacial score (nSPS) is 16.2. The standard InChI is InChI=1S/C21H28N4O5/c1-13-17(20(26)23-11-6-4-5-10-22)19(18(14(2)24-13)21(27)30-3)15-8-7-9-16(12-15)25(28)29/h7-9,12,19,24H,4-6,10-11,22H2,1-3H3,(H,23,26). The summed E-state index contributed by atoms with van der Waals surface area (Å²) < 4.78 is 4.94. The Hall–Kier alpha value is -3.20. The first-order valence-electron chi connectivity index (χ1n) is 9.81. The highest BCUT2D eigenvalue weighted by atomic mass is 16.6. The number of nitro groups is 1. The highest BCUT2D eigenvalue weighted by Gasteiger charge is 2.37. The van der Waals surface area contributed by atoms with Gasteiger partial charge in [-0.1, -0.05) is 18.6 Å². The molecule has 0 aromatic heterocycles. The van der Waals surface area contributed by atoms with E-state index in [1.165, 1.54) is 25.3 Å². The van der Waals surface area contributed by atoms with Crippen molar-refractivity contribution in [1.29, 1.82) is 0 Å². The quantitative estimate of drug-likeness (QED) is 0.243. The molecule has 0 fully saturated rings. The highest BCUT2D eigenvalue weighted by molar-refractivity contribution is 6.02. The fraction of sp³-hybridized carbons (Fsp3) is 0.429. The lowest BCUT2D eigenvalue weighted by atomic mass is 9.80. The summed E-state index contributed by atoms with van der Waals surface area (Å²) in [5.74, 6) is -1.72. The summed E-state index contributed by atoms with van der Waals surface area (Å²) in [6.07, 6.45) is 2.56. The van der Waals surface area contributed by atoms with E-state index in [9.17, 15) is 19.7 Å². The Bertz CT molecular complexity index is 891. The Morgan fingerprint density at radius 1 is 1.20 bits per heavy atom. The molecule has 4 N–H and O–H groups in total. The summed E-state index contributed by atoms with van der Waals surface area (Å²) in [7, 11) is 1.26. The van der Waals surface area contributed by atoms with Gasteiger partial charge in [0.05, 0.1) is 23.5 Å². The van der Waals surface area contributed by atoms with Crippen LogP contribution in [0.25, 0.3) is 0 Å². The van der Waals surface area contributed by atoms with Gasteiger partial charge >= 0.3 is 5.97 Å². The van der Waals surface area contributed by atoms with Crippen LogP contribution in [-0.2, 0) is 14.3 Å². The maximum Gasteiger partial charge on any atom is 0.336 e. The minimum Gasteiger partial charge on any atom is -0.466 e. The third kappa shape index (κ3) is 5.24. The Labute approximate surface area is 175 Å². The monoisotopic (exact) mass is 416 g/mol. The fourth-order valence-corrected chi connectivity index (χ4v) is 3.57. The molecule has 0 saturated carbocycles. The number of unbranched alkanes of at least 4 members (excludes halogenated alkanes) is 2. The highest BCUT2D eigenvalue weighted by Crippen LogP contribution is 2.39. The second kappa shape index (κ2) is 10.5. The summed E-state index contributed by atoms with van der Waals surface area (Å²) >= 11 is 0. The largest absolute Gasteiger partial charge is 0.466 e. The van der Waals surface area contributed by atoms with E-state index in [0.29, 0.717) is 35.6 Å². The van der Waals surface area contributed by atoms with Crippen molar-refractivity contribution < 1.29 is 19.2 Å². The molecule has 9 nitrogen and oxygen atoms in total. The zero-order chi connectivity index (χ0) is 22.3. The number of non-ortho nitro benzene ring substituents is 1. The van der Waals surface area contributed by atoms with Crippen LogP contribution in [0.3, 0.4) is 0 Å². The van der Waals surface area contributed by atoms with E-state index in [1.54, 1.807) is 19.9 Å². The molecule has 1 aromatic carbocycles. The van der Waals surface area contributed by atoms with Crippen LogP contribution in [0.2, 0.25) is 0 Å². The number of rotatable bonds is 9. The summed E-state index contributed by atoms with van der Waals surface area (Å²) in [5.41, 5.74) is 7.54. The van der Waals surface area contributed by atoms with Crippen LogP contribution in [-0.4, -0.2) is 37.0 Å². The number of carbonyl (C=O) groups excluding carboxylic acids is 2. The molecule has 0 saturated heterocycles. The third-order valence-corrected chi connectivity index (χ3v) is 4.99. The smallest absolute Gasteiger partial charge is 0.336 e. The molecule has 1 unspecified atom stereocenters. The minimum absolute atomic E-state index is 0.118. The number of hydrogen-bond acceptors (Lipinski definition) is 7. The second-order valence-corrected chi connectivity index (χ2v) is 7.08. The number of nitrogens with two attached hydrogens (primary N) is 1. The van der Waals surface area contributed by atoms with Crippen LogP contribution < -0.4 is 16.4 Å². The van der Waals surface area contributed by atoms with Crippen molar-refractivity contribution in [2.75, 3.05) is 20.2 Å². The van der Waals surface area contributed by atoms with Crippen molar-refractivity contribution in [2.24, 2.45) is 5.73 Å². The van der Waals surface area contributed by atoms with E-state index in [2.05, 4.69) is 10.6 Å². The van der Waals surface area contributed by atoms with E-state index >= 15 is 0 Å². The first kappa shape index (κ1) is 23.1. The lowest BCUT2D eigenvalue weighted by Gasteiger charge is -2.30. The van der Waals surface area contributed by atoms with Crippen molar-refractivity contribution >= 4 is 17.6 Å². The third-order valence-electron chi connectivity index (χ3n) is 4.99. The fourth-order valence-electron chi connectivity index (χ4n) is 3.57. The van der Waals surface area contributed by atoms with Crippen LogP contribution in [0.4, 0.5) is 5.69 Å². The van der Waals surface area contributed by atoms with Crippen LogP contribution in [0.15, 0.2) is 46.8 Å². The van der Waals surface area contributed by atoms with Crippen molar-refractivity contribution in [2.45, 2.75) is 39.0 Å². The van der Waals surface area contributed by atoms with Gasteiger partial charge in [0, 0.05) is 35.6 Å². The Morgan fingerprint density at radius 3 is 2.53 bits per heavy atom. The number of benzene rings is 1. The van der Waals surface area contributed by atoms with Gasteiger partial charge < -0.3 is 21.1 Å². The lowest BCUT2D eigenvalue weighted by Crippen LogP contribution is -2.36. The number of nitrogens with zero attached hydrogens (tertiary/aromatic N) is 1. The molecule has 0 radical (unpaired) electrons. The summed E-state index contributed by atoms with van der Waals surface area (Å²) in [5, 5.41) is 17.2. The number of ether oxygens (including phenoxy) is 1. The summed E-state index contributed by atoms with van der Waals surface area (Å²) in [4.78, 5) is 36.4. The summed E-state index contributed by atoms with van der Waals surface area (Å²) in [6, 6.07) is 5.96. The average molecular weight is 416 g/mol. The zero-order valence-corrected chi connectivity index (χ0v) is 17.5. The average Bonchev–Trinajstić information content (AvgIpc) is 2.72. The first-order chi connectivity index (χ1) is 14.3. The number of carbonyl (C=O) groups is 2. The first-order valence-corrected chi connectivity index (χ1v) is 9.81. The molecule has 1 heterocycles. The molecule has 1 atom stereocenters. The van der Waals surface area contributed by atoms with Gasteiger partial charge in [0.15, 0.2) is 0 Å². The van der Waals surface area contributed by atoms with E-state index in [1.807, 2.05) is 0 Å². The maximum atomic E-state index is 13.1. The molecule has 1 amide bonds. The molecule has 1 aromatic rings. The van der Waals surface area contributed by atoms with E-state index in [0.717, 1.165) is 19.3 Å². The second-order valence-electron chi connectivity index (χ2n) is 7.08. The van der Waals surface area contributed by atoms with E-state index in [4.69, 9.17) is 10.5 Å². The zero-order valence-electron chi connectivity index (χ0n) is 17.5. The van der Waals surface area contributed by atoms with Crippen LogP contribution in [0, 0.1) is 10.1 Å². The predicted molar refractivity (Wildman–Crippen MR) is 112 cm³/mol. The number of esters is 1. The van der Waals surface area contributed by atoms with Crippen molar-refractivity contribution in [1.82, 2.24) is 10.6 Å².